The molecule has 1 saturated carbocycles. The lowest BCUT2D eigenvalue weighted by Gasteiger charge is -2.07. The molecule has 0 saturated heterocycles. The van der Waals surface area contributed by atoms with Crippen LogP contribution in [0.5, 0.6) is 0 Å². The van der Waals surface area contributed by atoms with Crippen LogP contribution in [0, 0.1) is 0 Å². The summed E-state index contributed by atoms with van der Waals surface area (Å²) >= 11 is 0. The topological polar surface area (TPSA) is 127 Å². The summed E-state index contributed by atoms with van der Waals surface area (Å²) in [5.41, 5.74) is 3.94. The minimum Gasteiger partial charge on any atom is -0.450 e. The number of pyridine rings is 1. The fourth-order valence-corrected chi connectivity index (χ4v) is 3.36. The van der Waals surface area contributed by atoms with E-state index >= 15 is 0 Å². The molecule has 0 atom stereocenters. The van der Waals surface area contributed by atoms with Crippen LogP contribution in [-0.4, -0.2) is 49.2 Å². The van der Waals surface area contributed by atoms with Crippen LogP contribution >= 0.6 is 0 Å². The van der Waals surface area contributed by atoms with Gasteiger partial charge in [-0.1, -0.05) is 13.5 Å². The lowest BCUT2D eigenvalue weighted by molar-refractivity contribution is 0.0946. The van der Waals surface area contributed by atoms with Crippen LogP contribution in [0.2, 0.25) is 0 Å². The molecule has 1 fully saturated rings. The van der Waals surface area contributed by atoms with Crippen LogP contribution < -0.4 is 10.6 Å². The van der Waals surface area contributed by atoms with Crippen LogP contribution in [0.15, 0.2) is 49.1 Å². The molecule has 170 valence electrons. The highest BCUT2D eigenvalue weighted by Gasteiger charge is 2.25. The van der Waals surface area contributed by atoms with Gasteiger partial charge in [0.05, 0.1) is 17.8 Å². The average Bonchev–Trinajstić information content (AvgIpc) is 3.30. The van der Waals surface area contributed by atoms with E-state index in [1.807, 2.05) is 30.3 Å². The Kier molecular flexibility index (Phi) is 6.07. The first-order valence-corrected chi connectivity index (χ1v) is 10.3. The van der Waals surface area contributed by atoms with Crippen LogP contribution in [0.3, 0.4) is 0 Å². The summed E-state index contributed by atoms with van der Waals surface area (Å²) < 4.78 is 6.70. The van der Waals surface area contributed by atoms with Gasteiger partial charge in [-0.05, 0) is 44.0 Å². The molecule has 1 aromatic carbocycles. The van der Waals surface area contributed by atoms with E-state index in [1.165, 1.54) is 0 Å². The van der Waals surface area contributed by atoms with Crippen LogP contribution in [0.1, 0.15) is 37.7 Å². The molecule has 2 amide bonds. The summed E-state index contributed by atoms with van der Waals surface area (Å²) in [6.07, 6.45) is 6.42. The Balaban J connectivity index is 0.00000259. The number of rotatable bonds is 6. The summed E-state index contributed by atoms with van der Waals surface area (Å²) in [6, 6.07) is 9.66. The largest absolute Gasteiger partial charge is 0.450 e. The molecular weight excluding hydrogens is 422 g/mol. The average molecular weight is 447 g/mol. The molecular formula is C23H25N7O3. The number of carbonyl (C=O) groups is 2. The van der Waals surface area contributed by atoms with Gasteiger partial charge in [0.15, 0.2) is 0 Å². The van der Waals surface area contributed by atoms with Crippen LogP contribution in [0.4, 0.5) is 10.7 Å². The third-order valence-electron chi connectivity index (χ3n) is 5.03. The van der Waals surface area contributed by atoms with Crippen molar-refractivity contribution in [2.75, 3.05) is 11.9 Å². The normalized spacial score (nSPS) is 12.8. The Labute approximate surface area is 190 Å². The van der Waals surface area contributed by atoms with E-state index in [-0.39, 0.29) is 31.9 Å². The van der Waals surface area contributed by atoms with Gasteiger partial charge in [0, 0.05) is 29.7 Å². The van der Waals surface area contributed by atoms with Crippen molar-refractivity contribution in [2.45, 2.75) is 33.2 Å². The number of carbonyl (C=O) groups excluding carboxylic acids is 2. The van der Waals surface area contributed by atoms with Crippen molar-refractivity contribution in [3.8, 4) is 16.9 Å². The third kappa shape index (κ3) is 4.69. The number of aromatic nitrogens is 5. The molecule has 0 bridgehead atoms. The fraction of sp³-hybridized carbons (Fsp3) is 0.261. The number of anilines is 1. The van der Waals surface area contributed by atoms with E-state index in [0.717, 1.165) is 29.8 Å². The van der Waals surface area contributed by atoms with Gasteiger partial charge < -0.3 is 19.6 Å². The molecule has 0 aliphatic heterocycles. The molecule has 1 aliphatic carbocycles. The number of nitrogens with zero attached hydrogens (tertiary/aromatic N) is 4. The van der Waals surface area contributed by atoms with E-state index in [2.05, 4.69) is 30.6 Å². The standard InChI is InChI=1S/C22H21N7O3.CH4/c1-2-32-22(31)28-21-26-17-10-14(9-15(19(17)27-21)16-5-3-4-8-23-16)29-11-18(24-12-29)20(30)25-13-6-7-13;/h3-5,8-13H,2,6-7H2,1H3,(H,25,30)(H2,26,27,28,31);1H4. The zero-order valence-corrected chi connectivity index (χ0v) is 17.3. The second-order valence-electron chi connectivity index (χ2n) is 7.45. The number of hydrogen-bond acceptors (Lipinski definition) is 6. The minimum absolute atomic E-state index is 0. The number of benzene rings is 1. The zero-order valence-electron chi connectivity index (χ0n) is 17.3. The Hall–Kier alpha value is -4.21. The first-order chi connectivity index (χ1) is 15.6. The minimum atomic E-state index is -0.591. The van der Waals surface area contributed by atoms with Gasteiger partial charge in [0.25, 0.3) is 5.91 Å². The first kappa shape index (κ1) is 22.0. The maximum absolute atomic E-state index is 12.3. The number of ether oxygens (including phenoxy) is 1. The Morgan fingerprint density at radius 3 is 2.82 bits per heavy atom. The Bertz CT molecular complexity index is 1290. The number of hydrogen-bond donors (Lipinski definition) is 3. The van der Waals surface area contributed by atoms with Crippen molar-refractivity contribution in [1.29, 1.82) is 0 Å². The van der Waals surface area contributed by atoms with E-state index in [4.69, 9.17) is 4.74 Å². The molecule has 10 heteroatoms. The van der Waals surface area contributed by atoms with Crippen molar-refractivity contribution in [1.82, 2.24) is 29.8 Å². The summed E-state index contributed by atoms with van der Waals surface area (Å²) in [5.74, 6) is 0.0858. The van der Waals surface area contributed by atoms with Gasteiger partial charge in [-0.25, -0.2) is 14.8 Å². The van der Waals surface area contributed by atoms with Crippen molar-refractivity contribution < 1.29 is 14.3 Å². The lowest BCUT2D eigenvalue weighted by atomic mass is 10.1. The fourth-order valence-electron chi connectivity index (χ4n) is 3.36. The zero-order chi connectivity index (χ0) is 22.1. The second-order valence-corrected chi connectivity index (χ2v) is 7.45. The predicted octanol–water partition coefficient (Wildman–Crippen LogP) is 3.91. The summed E-state index contributed by atoms with van der Waals surface area (Å²) in [5, 5.41) is 5.53. The smallest absolute Gasteiger partial charge is 0.413 e. The Morgan fingerprint density at radius 2 is 2.09 bits per heavy atom. The second kappa shape index (κ2) is 9.11. The molecule has 0 unspecified atom stereocenters. The van der Waals surface area contributed by atoms with Crippen molar-refractivity contribution in [3.63, 3.8) is 0 Å². The van der Waals surface area contributed by atoms with Crippen molar-refractivity contribution >= 4 is 29.0 Å². The van der Waals surface area contributed by atoms with Gasteiger partial charge in [0.1, 0.15) is 17.5 Å². The Morgan fingerprint density at radius 1 is 1.24 bits per heavy atom. The molecule has 3 heterocycles. The van der Waals surface area contributed by atoms with E-state index < -0.39 is 6.09 Å². The van der Waals surface area contributed by atoms with Gasteiger partial charge >= 0.3 is 6.09 Å². The third-order valence-corrected chi connectivity index (χ3v) is 5.03. The van der Waals surface area contributed by atoms with Gasteiger partial charge in [-0.3, -0.25) is 15.1 Å². The quantitative estimate of drug-likeness (QED) is 0.411. The summed E-state index contributed by atoms with van der Waals surface area (Å²) in [4.78, 5) is 40.5. The number of fused-ring (bicyclic) bond motifs is 1. The highest BCUT2D eigenvalue weighted by atomic mass is 16.5. The number of imidazole rings is 2. The number of nitrogens with one attached hydrogen (secondary N) is 3. The van der Waals surface area contributed by atoms with Gasteiger partial charge in [-0.15, -0.1) is 0 Å². The highest BCUT2D eigenvalue weighted by molar-refractivity contribution is 5.96. The molecule has 10 nitrogen and oxygen atoms in total. The number of H-pyrrole nitrogens is 1. The maximum atomic E-state index is 12.3. The molecule has 3 aromatic heterocycles. The molecule has 33 heavy (non-hydrogen) atoms. The summed E-state index contributed by atoms with van der Waals surface area (Å²) in [6.45, 7) is 1.99. The molecule has 4 aromatic rings. The van der Waals surface area contributed by atoms with E-state index in [9.17, 15) is 9.59 Å². The highest BCUT2D eigenvalue weighted by Crippen LogP contribution is 2.30. The van der Waals surface area contributed by atoms with Gasteiger partial charge in [-0.2, -0.15) is 0 Å². The lowest BCUT2D eigenvalue weighted by Crippen LogP contribution is -2.25. The predicted molar refractivity (Wildman–Crippen MR) is 124 cm³/mol. The number of amides is 2. The first-order valence-electron chi connectivity index (χ1n) is 10.3. The van der Waals surface area contributed by atoms with Gasteiger partial charge in [0.2, 0.25) is 5.95 Å². The monoisotopic (exact) mass is 447 g/mol. The molecule has 5 rings (SSSR count). The van der Waals surface area contributed by atoms with Crippen molar-refractivity contribution in [3.05, 3.63) is 54.7 Å². The molecule has 0 radical (unpaired) electrons. The SMILES string of the molecule is C.CCOC(=O)Nc1nc2c(-c3ccccn3)cc(-n3cnc(C(=O)NC4CC4)c3)cc2[nH]1. The van der Waals surface area contributed by atoms with E-state index in [0.29, 0.717) is 16.7 Å². The maximum Gasteiger partial charge on any atom is 0.413 e. The van der Waals surface area contributed by atoms with Crippen LogP contribution in [0.25, 0.3) is 28.0 Å². The number of aromatic amines is 1. The van der Waals surface area contributed by atoms with E-state index in [1.54, 1.807) is 30.2 Å². The molecule has 3 N–H and O–H groups in total. The van der Waals surface area contributed by atoms with Crippen LogP contribution in [-0.2, 0) is 4.74 Å². The molecule has 0 spiro atoms. The van der Waals surface area contributed by atoms with Crippen molar-refractivity contribution in [2.24, 2.45) is 0 Å². The summed E-state index contributed by atoms with van der Waals surface area (Å²) in [7, 11) is 0. The molecule has 1 aliphatic rings.